The van der Waals surface area contributed by atoms with Gasteiger partial charge in [0, 0.05) is 37.6 Å². The third kappa shape index (κ3) is 7.16. The standard InChI is InChI=1S/C37H48N2O5/c1-36(2,3)27-19-20-28(43-7)26(22-27)23-38-31-30(37(4,5)6)33(35(41)42)39(32(31)25-17-13-10-14-18-25)34(40)29(44-8)21-24-15-11-9-12-16-24/h9-20,22,29-33,38H,21,23H2,1-8H3,(H,41,42)/t29-,30+,31+,32+,33+/m1/s1. The number of carbonyl (C=O) groups is 2. The lowest BCUT2D eigenvalue weighted by atomic mass is 9.72. The van der Waals surface area contributed by atoms with Gasteiger partial charge in [0.2, 0.25) is 0 Å². The molecule has 44 heavy (non-hydrogen) atoms. The lowest BCUT2D eigenvalue weighted by Gasteiger charge is -2.35. The molecule has 7 nitrogen and oxygen atoms in total. The average molecular weight is 601 g/mol. The molecule has 1 aliphatic heterocycles. The number of methoxy groups -OCH3 is 2. The summed E-state index contributed by atoms with van der Waals surface area (Å²) in [5.41, 5.74) is 3.47. The van der Waals surface area contributed by atoms with E-state index in [2.05, 4.69) is 59.0 Å². The number of carboxylic acid groups (broad SMARTS) is 1. The molecule has 7 heteroatoms. The van der Waals surface area contributed by atoms with Gasteiger partial charge in [0.05, 0.1) is 13.2 Å². The summed E-state index contributed by atoms with van der Waals surface area (Å²) < 4.78 is 11.5. The fraction of sp³-hybridized carbons (Fsp3) is 0.459. The second-order valence-electron chi connectivity index (χ2n) is 13.9. The maximum Gasteiger partial charge on any atom is 0.326 e. The summed E-state index contributed by atoms with van der Waals surface area (Å²) in [5.74, 6) is -1.01. The van der Waals surface area contributed by atoms with Crippen molar-refractivity contribution in [3.8, 4) is 5.75 Å². The molecule has 1 aliphatic rings. The van der Waals surface area contributed by atoms with E-state index in [1.807, 2.05) is 66.7 Å². The van der Waals surface area contributed by atoms with Gasteiger partial charge in [-0.15, -0.1) is 0 Å². The van der Waals surface area contributed by atoms with Crippen molar-refractivity contribution in [1.82, 2.24) is 10.2 Å². The predicted molar refractivity (Wildman–Crippen MR) is 174 cm³/mol. The van der Waals surface area contributed by atoms with Gasteiger partial charge in [-0.3, -0.25) is 4.79 Å². The zero-order chi connectivity index (χ0) is 32.2. The molecule has 3 aromatic carbocycles. The van der Waals surface area contributed by atoms with Gasteiger partial charge in [-0.25, -0.2) is 4.79 Å². The Bertz CT molecular complexity index is 1410. The Labute approximate surface area is 262 Å². The van der Waals surface area contributed by atoms with Gasteiger partial charge in [-0.05, 0) is 33.6 Å². The number of nitrogens with one attached hydrogen (secondary N) is 1. The zero-order valence-electron chi connectivity index (χ0n) is 27.3. The van der Waals surface area contributed by atoms with Gasteiger partial charge in [0.15, 0.2) is 0 Å². The number of hydrogen-bond donors (Lipinski definition) is 2. The number of amides is 1. The molecule has 1 saturated heterocycles. The summed E-state index contributed by atoms with van der Waals surface area (Å²) in [6.45, 7) is 13.1. The largest absolute Gasteiger partial charge is 0.496 e. The van der Waals surface area contributed by atoms with E-state index in [1.54, 1.807) is 12.0 Å². The van der Waals surface area contributed by atoms with Crippen molar-refractivity contribution in [2.45, 2.75) is 84.2 Å². The maximum atomic E-state index is 14.5. The molecular formula is C37H48N2O5. The first-order valence-electron chi connectivity index (χ1n) is 15.3. The first-order valence-corrected chi connectivity index (χ1v) is 15.3. The molecule has 3 aromatic rings. The van der Waals surface area contributed by atoms with Crippen LogP contribution in [0.15, 0.2) is 78.9 Å². The number of hydrogen-bond acceptors (Lipinski definition) is 5. The number of nitrogens with zero attached hydrogens (tertiary/aromatic N) is 1. The van der Waals surface area contributed by atoms with Crippen LogP contribution in [-0.2, 0) is 32.7 Å². The van der Waals surface area contributed by atoms with Crippen LogP contribution in [0.4, 0.5) is 0 Å². The first kappa shape index (κ1) is 33.2. The Morgan fingerprint density at radius 3 is 2.05 bits per heavy atom. The first-order chi connectivity index (χ1) is 20.8. The Morgan fingerprint density at radius 1 is 0.909 bits per heavy atom. The quantitative estimate of drug-likeness (QED) is 0.280. The number of carboxylic acids is 1. The van der Waals surface area contributed by atoms with Crippen molar-refractivity contribution in [1.29, 1.82) is 0 Å². The van der Waals surface area contributed by atoms with Crippen molar-refractivity contribution in [3.63, 3.8) is 0 Å². The van der Waals surface area contributed by atoms with Crippen molar-refractivity contribution in [3.05, 3.63) is 101 Å². The Hall–Kier alpha value is -3.68. The molecule has 0 unspecified atom stereocenters. The monoisotopic (exact) mass is 600 g/mol. The summed E-state index contributed by atoms with van der Waals surface area (Å²) in [6.07, 6.45) is -0.497. The fourth-order valence-corrected chi connectivity index (χ4v) is 6.60. The molecule has 0 bridgehead atoms. The van der Waals surface area contributed by atoms with Crippen molar-refractivity contribution in [2.75, 3.05) is 14.2 Å². The van der Waals surface area contributed by atoms with E-state index < -0.39 is 35.5 Å². The second kappa shape index (κ2) is 13.5. The number of rotatable bonds is 10. The molecule has 0 aliphatic carbocycles. The SMILES string of the molecule is COc1ccc(C(C)(C)C)cc1CN[C@H]1[C@H](C(C)(C)C)[C@@H](C(=O)O)N(C(=O)[C@@H](Cc2ccccc2)OC)[C@H]1c1ccccc1. The molecule has 1 fully saturated rings. The Morgan fingerprint density at radius 2 is 1.52 bits per heavy atom. The van der Waals surface area contributed by atoms with E-state index in [4.69, 9.17) is 9.47 Å². The molecule has 0 radical (unpaired) electrons. The molecule has 0 saturated carbocycles. The van der Waals surface area contributed by atoms with Crippen LogP contribution >= 0.6 is 0 Å². The fourth-order valence-electron chi connectivity index (χ4n) is 6.60. The van der Waals surface area contributed by atoms with Crippen LogP contribution in [0.2, 0.25) is 0 Å². The highest BCUT2D eigenvalue weighted by Crippen LogP contribution is 2.48. The molecule has 2 N–H and O–H groups in total. The summed E-state index contributed by atoms with van der Waals surface area (Å²) in [6, 6.07) is 23.7. The van der Waals surface area contributed by atoms with Crippen LogP contribution in [-0.4, -0.2) is 54.3 Å². The summed E-state index contributed by atoms with van der Waals surface area (Å²) in [4.78, 5) is 29.3. The summed E-state index contributed by atoms with van der Waals surface area (Å²) in [5, 5.41) is 14.6. The second-order valence-corrected chi connectivity index (χ2v) is 13.9. The summed E-state index contributed by atoms with van der Waals surface area (Å²) >= 11 is 0. The third-order valence-corrected chi connectivity index (χ3v) is 8.81. The highest BCUT2D eigenvalue weighted by Gasteiger charge is 2.58. The van der Waals surface area contributed by atoms with Gasteiger partial charge in [0.1, 0.15) is 17.9 Å². The molecule has 4 rings (SSSR count). The Kier molecular flexibility index (Phi) is 10.2. The van der Waals surface area contributed by atoms with Crippen molar-refractivity contribution >= 4 is 11.9 Å². The van der Waals surface area contributed by atoms with Gasteiger partial charge < -0.3 is 24.8 Å². The number of aliphatic carboxylic acids is 1. The van der Waals surface area contributed by atoms with Gasteiger partial charge in [0.25, 0.3) is 5.91 Å². The molecular weight excluding hydrogens is 552 g/mol. The number of likely N-dealkylation sites (tertiary alicyclic amines) is 1. The zero-order valence-corrected chi connectivity index (χ0v) is 27.3. The van der Waals surface area contributed by atoms with E-state index in [0.717, 1.165) is 22.4 Å². The molecule has 0 aromatic heterocycles. The molecule has 1 heterocycles. The van der Waals surface area contributed by atoms with E-state index >= 15 is 0 Å². The Balaban J connectivity index is 1.82. The minimum Gasteiger partial charge on any atom is -0.496 e. The van der Waals surface area contributed by atoms with Gasteiger partial charge >= 0.3 is 5.97 Å². The lowest BCUT2D eigenvalue weighted by Crippen LogP contribution is -2.51. The smallest absolute Gasteiger partial charge is 0.326 e. The van der Waals surface area contributed by atoms with Gasteiger partial charge in [-0.2, -0.15) is 0 Å². The molecule has 5 atom stereocenters. The topological polar surface area (TPSA) is 88.1 Å². The van der Waals surface area contributed by atoms with Crippen LogP contribution < -0.4 is 10.1 Å². The number of carbonyl (C=O) groups excluding carboxylic acids is 1. The normalized spacial score (nSPS) is 21.2. The molecule has 236 valence electrons. The van der Waals surface area contributed by atoms with E-state index in [-0.39, 0.29) is 17.4 Å². The van der Waals surface area contributed by atoms with E-state index in [1.165, 1.54) is 12.7 Å². The third-order valence-electron chi connectivity index (χ3n) is 8.81. The highest BCUT2D eigenvalue weighted by molar-refractivity contribution is 5.88. The van der Waals surface area contributed by atoms with Crippen LogP contribution in [0.5, 0.6) is 5.75 Å². The van der Waals surface area contributed by atoms with Gasteiger partial charge in [-0.1, -0.05) is 114 Å². The molecule has 0 spiro atoms. The highest BCUT2D eigenvalue weighted by atomic mass is 16.5. The van der Waals surface area contributed by atoms with E-state index in [0.29, 0.717) is 13.0 Å². The van der Waals surface area contributed by atoms with Crippen LogP contribution in [0.25, 0.3) is 0 Å². The predicted octanol–water partition coefficient (Wildman–Crippen LogP) is 6.41. The number of ether oxygens (including phenoxy) is 2. The maximum absolute atomic E-state index is 14.5. The van der Waals surface area contributed by atoms with Crippen molar-refractivity contribution in [2.24, 2.45) is 11.3 Å². The minimum absolute atomic E-state index is 0.0551. The van der Waals surface area contributed by atoms with Crippen molar-refractivity contribution < 1.29 is 24.2 Å². The van der Waals surface area contributed by atoms with Crippen LogP contribution in [0.1, 0.15) is 69.8 Å². The number of benzene rings is 3. The van der Waals surface area contributed by atoms with Crippen LogP contribution in [0.3, 0.4) is 0 Å². The lowest BCUT2D eigenvalue weighted by molar-refractivity contribution is -0.157. The molecule has 1 amide bonds. The van der Waals surface area contributed by atoms with E-state index in [9.17, 15) is 14.7 Å². The van der Waals surface area contributed by atoms with Crippen LogP contribution in [0, 0.1) is 11.3 Å². The summed E-state index contributed by atoms with van der Waals surface area (Å²) in [7, 11) is 3.18. The minimum atomic E-state index is -1.07. The average Bonchev–Trinajstić information content (AvgIpc) is 3.35.